The maximum absolute atomic E-state index is 13.1. The normalized spacial score (nSPS) is 14.6. The third-order valence-corrected chi connectivity index (χ3v) is 4.78. The van der Waals surface area contributed by atoms with Crippen LogP contribution in [0.15, 0.2) is 84.4 Å². The molecule has 0 unspecified atom stereocenters. The quantitative estimate of drug-likeness (QED) is 0.383. The monoisotopic (exact) mass is 406 g/mol. The Morgan fingerprint density at radius 2 is 1.69 bits per heavy atom. The molecular weight excluding hydrogens is 391 g/mol. The summed E-state index contributed by atoms with van der Waals surface area (Å²) in [6.07, 6.45) is 3.38. The van der Waals surface area contributed by atoms with E-state index in [2.05, 4.69) is 0 Å². The Balaban J connectivity index is 1.46. The van der Waals surface area contributed by atoms with E-state index in [4.69, 9.17) is 21.1 Å². The first-order valence-corrected chi connectivity index (χ1v) is 9.34. The molecule has 0 fully saturated rings. The maximum Gasteiger partial charge on any atom is 0.343 e. The van der Waals surface area contributed by atoms with E-state index in [0.29, 0.717) is 34.3 Å². The Morgan fingerprint density at radius 3 is 2.41 bits per heavy atom. The lowest BCUT2D eigenvalue weighted by Gasteiger charge is -2.08. The topological polar surface area (TPSA) is 35.5 Å². The molecule has 1 aliphatic rings. The van der Waals surface area contributed by atoms with Crippen molar-refractivity contribution in [3.8, 4) is 5.75 Å². The summed E-state index contributed by atoms with van der Waals surface area (Å²) in [5, 5.41) is 0.664. The number of esters is 1. The highest BCUT2D eigenvalue weighted by atomic mass is 35.5. The van der Waals surface area contributed by atoms with Crippen LogP contribution in [0.5, 0.6) is 5.75 Å². The zero-order valence-corrected chi connectivity index (χ0v) is 16.0. The van der Waals surface area contributed by atoms with E-state index in [9.17, 15) is 9.18 Å². The number of rotatable bonds is 5. The Morgan fingerprint density at radius 1 is 0.966 bits per heavy atom. The molecule has 4 rings (SSSR count). The molecule has 3 nitrogen and oxygen atoms in total. The number of benzene rings is 3. The highest BCUT2D eigenvalue weighted by Gasteiger charge is 2.21. The molecule has 0 radical (unpaired) electrons. The van der Waals surface area contributed by atoms with Crippen molar-refractivity contribution >= 4 is 29.4 Å². The van der Waals surface area contributed by atoms with Gasteiger partial charge in [-0.15, -0.1) is 0 Å². The third-order valence-electron chi connectivity index (χ3n) is 4.41. The van der Waals surface area contributed by atoms with Crippen molar-refractivity contribution in [2.45, 2.75) is 6.61 Å². The summed E-state index contributed by atoms with van der Waals surface area (Å²) in [5.74, 6) is 0.319. The Kier molecular flexibility index (Phi) is 5.45. The summed E-state index contributed by atoms with van der Waals surface area (Å²) in [7, 11) is 0. The Bertz CT molecular complexity index is 1100. The zero-order valence-electron chi connectivity index (χ0n) is 15.3. The van der Waals surface area contributed by atoms with E-state index in [1.165, 1.54) is 12.1 Å². The van der Waals surface area contributed by atoms with E-state index in [1.807, 2.05) is 48.5 Å². The molecule has 3 aromatic rings. The Hall–Kier alpha value is -3.37. The van der Waals surface area contributed by atoms with Crippen LogP contribution in [0.25, 0.3) is 11.8 Å². The van der Waals surface area contributed by atoms with Crippen molar-refractivity contribution in [1.82, 2.24) is 0 Å². The molecule has 3 aromatic carbocycles. The summed E-state index contributed by atoms with van der Waals surface area (Å²) >= 11 is 6.13. The van der Waals surface area contributed by atoms with Gasteiger partial charge in [-0.05, 0) is 60.2 Å². The smallest absolute Gasteiger partial charge is 0.343 e. The van der Waals surface area contributed by atoms with Gasteiger partial charge < -0.3 is 9.47 Å². The average Bonchev–Trinajstić information content (AvgIpc) is 3.09. The van der Waals surface area contributed by atoms with Gasteiger partial charge in [-0.25, -0.2) is 9.18 Å². The fraction of sp³-hybridized carbons (Fsp3) is 0.0417. The van der Waals surface area contributed by atoms with Crippen LogP contribution >= 0.6 is 11.6 Å². The fourth-order valence-electron chi connectivity index (χ4n) is 2.86. The minimum Gasteiger partial charge on any atom is -0.489 e. The van der Waals surface area contributed by atoms with Crippen LogP contribution in [0.1, 0.15) is 16.7 Å². The van der Waals surface area contributed by atoms with E-state index in [0.717, 1.165) is 11.1 Å². The van der Waals surface area contributed by atoms with Gasteiger partial charge in [-0.2, -0.15) is 0 Å². The van der Waals surface area contributed by atoms with Crippen LogP contribution in [0, 0.1) is 5.82 Å². The zero-order chi connectivity index (χ0) is 20.2. The van der Waals surface area contributed by atoms with Crippen LogP contribution in [0.3, 0.4) is 0 Å². The minimum absolute atomic E-state index is 0.341. The van der Waals surface area contributed by atoms with Gasteiger partial charge in [0.05, 0.1) is 5.57 Å². The first-order chi connectivity index (χ1) is 14.1. The first kappa shape index (κ1) is 19.0. The molecule has 0 bridgehead atoms. The van der Waals surface area contributed by atoms with Gasteiger partial charge >= 0.3 is 5.97 Å². The number of carbonyl (C=O) groups excluding carboxylic acids is 1. The van der Waals surface area contributed by atoms with Crippen molar-refractivity contribution in [2.24, 2.45) is 0 Å². The molecule has 0 N–H and O–H groups in total. The lowest BCUT2D eigenvalue weighted by atomic mass is 10.1. The molecule has 144 valence electrons. The summed E-state index contributed by atoms with van der Waals surface area (Å²) in [6, 6.07) is 20.7. The van der Waals surface area contributed by atoms with Gasteiger partial charge in [0.15, 0.2) is 0 Å². The van der Waals surface area contributed by atoms with Crippen LogP contribution in [-0.2, 0) is 16.1 Å². The number of halogens is 2. The lowest BCUT2D eigenvalue weighted by molar-refractivity contribution is -0.130. The molecule has 0 amide bonds. The highest BCUT2D eigenvalue weighted by Crippen LogP contribution is 2.28. The van der Waals surface area contributed by atoms with Crippen molar-refractivity contribution in [3.05, 3.63) is 112 Å². The van der Waals surface area contributed by atoms with Crippen LogP contribution < -0.4 is 4.74 Å². The number of hydrogen-bond acceptors (Lipinski definition) is 3. The van der Waals surface area contributed by atoms with Crippen molar-refractivity contribution in [2.75, 3.05) is 0 Å². The number of cyclic esters (lactones) is 1. The second-order valence-electron chi connectivity index (χ2n) is 6.45. The molecule has 0 aliphatic carbocycles. The third kappa shape index (κ3) is 4.55. The standard InChI is InChI=1S/C24H16ClFO3/c25-22-4-2-1-3-18(22)15-28-21-11-5-16(6-12-21)13-19-14-23(29-24(19)27)17-7-9-20(26)10-8-17/h1-14H,15H2/b19-13+. The second-order valence-corrected chi connectivity index (χ2v) is 6.86. The summed E-state index contributed by atoms with van der Waals surface area (Å²) in [6.45, 7) is 0.371. The molecule has 1 aliphatic heterocycles. The molecular formula is C24H16ClFO3. The summed E-state index contributed by atoms with van der Waals surface area (Å²) in [5.41, 5.74) is 2.81. The fourth-order valence-corrected chi connectivity index (χ4v) is 3.05. The van der Waals surface area contributed by atoms with Crippen molar-refractivity contribution in [3.63, 3.8) is 0 Å². The van der Waals surface area contributed by atoms with E-state index < -0.39 is 5.97 Å². The Labute approximate surface area is 172 Å². The molecule has 5 heteroatoms. The van der Waals surface area contributed by atoms with E-state index in [-0.39, 0.29) is 5.82 Å². The van der Waals surface area contributed by atoms with Gasteiger partial charge in [0, 0.05) is 16.1 Å². The van der Waals surface area contributed by atoms with E-state index in [1.54, 1.807) is 24.3 Å². The van der Waals surface area contributed by atoms with E-state index >= 15 is 0 Å². The van der Waals surface area contributed by atoms with Gasteiger partial charge in [0.25, 0.3) is 0 Å². The number of ether oxygens (including phenoxy) is 2. The first-order valence-electron chi connectivity index (χ1n) is 8.96. The molecule has 29 heavy (non-hydrogen) atoms. The van der Waals surface area contributed by atoms with Crippen molar-refractivity contribution < 1.29 is 18.7 Å². The SMILES string of the molecule is O=C1OC(c2ccc(F)cc2)=C/C1=C\c1ccc(OCc2ccccc2Cl)cc1. The summed E-state index contributed by atoms with van der Waals surface area (Å²) < 4.78 is 24.1. The predicted octanol–water partition coefficient (Wildman–Crippen LogP) is 6.04. The van der Waals surface area contributed by atoms with Gasteiger partial charge in [-0.1, -0.05) is 41.9 Å². The number of hydrogen-bond donors (Lipinski definition) is 0. The molecule has 0 saturated carbocycles. The van der Waals surface area contributed by atoms with Gasteiger partial charge in [-0.3, -0.25) is 0 Å². The largest absolute Gasteiger partial charge is 0.489 e. The van der Waals surface area contributed by atoms with Crippen LogP contribution in [0.4, 0.5) is 4.39 Å². The molecule has 0 aromatic heterocycles. The predicted molar refractivity (Wildman–Crippen MR) is 111 cm³/mol. The maximum atomic E-state index is 13.1. The molecule has 0 atom stereocenters. The lowest BCUT2D eigenvalue weighted by Crippen LogP contribution is -1.97. The second kappa shape index (κ2) is 8.33. The van der Waals surface area contributed by atoms with Gasteiger partial charge in [0.1, 0.15) is 23.9 Å². The minimum atomic E-state index is -0.441. The number of carbonyl (C=O) groups is 1. The molecule has 0 saturated heterocycles. The van der Waals surface area contributed by atoms with Gasteiger partial charge in [0.2, 0.25) is 0 Å². The van der Waals surface area contributed by atoms with Crippen LogP contribution in [0.2, 0.25) is 5.02 Å². The molecule has 1 heterocycles. The highest BCUT2D eigenvalue weighted by molar-refractivity contribution is 6.31. The molecule has 0 spiro atoms. The van der Waals surface area contributed by atoms with Crippen molar-refractivity contribution in [1.29, 1.82) is 0 Å². The van der Waals surface area contributed by atoms with Crippen LogP contribution in [-0.4, -0.2) is 5.97 Å². The summed E-state index contributed by atoms with van der Waals surface area (Å²) in [4.78, 5) is 12.1. The average molecular weight is 407 g/mol.